The number of pyridine rings is 1. The first-order valence-electron chi connectivity index (χ1n) is 13.2. The van der Waals surface area contributed by atoms with Crippen LogP contribution in [0.3, 0.4) is 0 Å². The Balaban J connectivity index is 1.26. The average molecular weight is 526 g/mol. The number of rotatable bonds is 8. The quantitative estimate of drug-likeness (QED) is 0.243. The molecule has 200 valence electrons. The molecular formula is C32H32FN3O3. The maximum atomic E-state index is 13.2. The van der Waals surface area contributed by atoms with Gasteiger partial charge in [-0.05, 0) is 67.4 Å². The van der Waals surface area contributed by atoms with E-state index in [0.717, 1.165) is 43.9 Å². The highest BCUT2D eigenvalue weighted by molar-refractivity contribution is 6.02. The minimum absolute atomic E-state index is 0.224. The number of aromatic nitrogens is 1. The third kappa shape index (κ3) is 6.62. The van der Waals surface area contributed by atoms with Crippen molar-refractivity contribution < 1.29 is 18.7 Å². The largest absolute Gasteiger partial charge is 0.459 e. The smallest absolute Gasteiger partial charge is 0.342 e. The number of esters is 1. The van der Waals surface area contributed by atoms with Gasteiger partial charge in [-0.25, -0.2) is 14.2 Å². The van der Waals surface area contributed by atoms with Crippen molar-refractivity contribution in [2.45, 2.75) is 26.5 Å². The van der Waals surface area contributed by atoms with E-state index in [1.807, 2.05) is 62.4 Å². The van der Waals surface area contributed by atoms with Gasteiger partial charge in [-0.15, -0.1) is 0 Å². The van der Waals surface area contributed by atoms with Gasteiger partial charge in [-0.1, -0.05) is 42.5 Å². The molecule has 5 rings (SSSR count). The normalized spacial score (nSPS) is 13.9. The van der Waals surface area contributed by atoms with Gasteiger partial charge in [0.1, 0.15) is 28.7 Å². The molecule has 6 nitrogen and oxygen atoms in total. The molecule has 3 aromatic carbocycles. The van der Waals surface area contributed by atoms with E-state index < -0.39 is 0 Å². The fraction of sp³-hybridized carbons (Fsp3) is 0.250. The van der Waals surface area contributed by atoms with Crippen molar-refractivity contribution in [2.75, 3.05) is 31.1 Å². The van der Waals surface area contributed by atoms with E-state index in [0.29, 0.717) is 22.9 Å². The summed E-state index contributed by atoms with van der Waals surface area (Å²) in [6.45, 7) is 7.70. The van der Waals surface area contributed by atoms with Crippen molar-refractivity contribution in [3.05, 3.63) is 108 Å². The molecular weight excluding hydrogens is 493 g/mol. The van der Waals surface area contributed by atoms with Gasteiger partial charge in [-0.3, -0.25) is 4.90 Å². The van der Waals surface area contributed by atoms with Crippen molar-refractivity contribution >= 4 is 11.8 Å². The molecule has 4 aromatic rings. The number of hydrogen-bond acceptors (Lipinski definition) is 6. The number of hydrogen-bond donors (Lipinski definition) is 0. The lowest BCUT2D eigenvalue weighted by molar-refractivity contribution is 0.0379. The highest BCUT2D eigenvalue weighted by atomic mass is 19.1. The predicted molar refractivity (Wildman–Crippen MR) is 151 cm³/mol. The predicted octanol–water partition coefficient (Wildman–Crippen LogP) is 6.57. The third-order valence-corrected chi connectivity index (χ3v) is 6.61. The number of halogens is 1. The van der Waals surface area contributed by atoms with Crippen LogP contribution in [0.2, 0.25) is 0 Å². The van der Waals surface area contributed by atoms with E-state index in [4.69, 9.17) is 9.47 Å². The topological polar surface area (TPSA) is 54.9 Å². The lowest BCUT2D eigenvalue weighted by atomic mass is 10.00. The van der Waals surface area contributed by atoms with Gasteiger partial charge >= 0.3 is 5.97 Å². The monoisotopic (exact) mass is 525 g/mol. The van der Waals surface area contributed by atoms with Crippen LogP contribution in [0.1, 0.15) is 29.8 Å². The zero-order valence-electron chi connectivity index (χ0n) is 22.2. The molecule has 2 heterocycles. The summed E-state index contributed by atoms with van der Waals surface area (Å²) in [6.07, 6.45) is 1.55. The Morgan fingerprint density at radius 1 is 0.872 bits per heavy atom. The number of anilines is 1. The lowest BCUT2D eigenvalue weighted by Crippen LogP contribution is -2.46. The first kappa shape index (κ1) is 26.4. The van der Waals surface area contributed by atoms with E-state index in [1.165, 1.54) is 17.7 Å². The Morgan fingerprint density at radius 2 is 1.51 bits per heavy atom. The second-order valence-electron chi connectivity index (χ2n) is 9.84. The second-order valence-corrected chi connectivity index (χ2v) is 9.84. The Labute approximate surface area is 228 Å². The highest BCUT2D eigenvalue weighted by Gasteiger charge is 2.27. The Morgan fingerprint density at radius 3 is 2.15 bits per heavy atom. The molecule has 1 aromatic heterocycles. The van der Waals surface area contributed by atoms with Crippen molar-refractivity contribution in [3.63, 3.8) is 0 Å². The molecule has 0 atom stereocenters. The van der Waals surface area contributed by atoms with Crippen molar-refractivity contribution in [2.24, 2.45) is 0 Å². The third-order valence-electron chi connectivity index (χ3n) is 6.61. The van der Waals surface area contributed by atoms with Gasteiger partial charge in [0.05, 0.1) is 6.10 Å². The van der Waals surface area contributed by atoms with Crippen molar-refractivity contribution in [3.8, 4) is 22.6 Å². The summed E-state index contributed by atoms with van der Waals surface area (Å²) < 4.78 is 24.6. The van der Waals surface area contributed by atoms with Crippen LogP contribution in [0.5, 0.6) is 11.5 Å². The van der Waals surface area contributed by atoms with Crippen LogP contribution < -0.4 is 9.64 Å². The van der Waals surface area contributed by atoms with Gasteiger partial charge in [0.15, 0.2) is 0 Å². The van der Waals surface area contributed by atoms with E-state index in [2.05, 4.69) is 26.9 Å². The van der Waals surface area contributed by atoms with Gasteiger partial charge < -0.3 is 14.4 Å². The summed E-state index contributed by atoms with van der Waals surface area (Å²) in [7, 11) is 0. The summed E-state index contributed by atoms with van der Waals surface area (Å²) in [5, 5.41) is 0. The Bertz CT molecular complexity index is 1380. The zero-order valence-corrected chi connectivity index (χ0v) is 22.2. The average Bonchev–Trinajstić information content (AvgIpc) is 2.95. The summed E-state index contributed by atoms with van der Waals surface area (Å²) in [6, 6.07) is 25.7. The number of nitrogens with zero attached hydrogens (tertiary/aromatic N) is 3. The van der Waals surface area contributed by atoms with Crippen molar-refractivity contribution in [1.82, 2.24) is 9.88 Å². The van der Waals surface area contributed by atoms with Crippen LogP contribution in [0.4, 0.5) is 10.2 Å². The zero-order chi connectivity index (χ0) is 27.2. The molecule has 0 N–H and O–H groups in total. The number of benzene rings is 3. The molecule has 0 radical (unpaired) electrons. The van der Waals surface area contributed by atoms with E-state index in [9.17, 15) is 9.18 Å². The Kier molecular flexibility index (Phi) is 8.18. The van der Waals surface area contributed by atoms with Crippen LogP contribution in [-0.2, 0) is 11.3 Å². The summed E-state index contributed by atoms with van der Waals surface area (Å²) in [4.78, 5) is 22.5. The summed E-state index contributed by atoms with van der Waals surface area (Å²) in [5.41, 5.74) is 3.49. The molecule has 0 amide bonds. The number of carbonyl (C=O) groups excluding carboxylic acids is 1. The van der Waals surface area contributed by atoms with Crippen LogP contribution >= 0.6 is 0 Å². The van der Waals surface area contributed by atoms with Crippen LogP contribution in [0.25, 0.3) is 11.1 Å². The minimum Gasteiger partial charge on any atom is -0.459 e. The van der Waals surface area contributed by atoms with Crippen molar-refractivity contribution in [1.29, 1.82) is 0 Å². The lowest BCUT2D eigenvalue weighted by Gasteiger charge is -2.36. The van der Waals surface area contributed by atoms with Gasteiger partial charge in [0.25, 0.3) is 0 Å². The van der Waals surface area contributed by atoms with Crippen LogP contribution in [-0.4, -0.2) is 48.1 Å². The van der Waals surface area contributed by atoms with Gasteiger partial charge in [0, 0.05) is 44.5 Å². The Hall–Kier alpha value is -4.23. The summed E-state index contributed by atoms with van der Waals surface area (Å²) in [5.74, 6) is 1.34. The number of piperazine rings is 1. The molecule has 0 unspecified atom stereocenters. The van der Waals surface area contributed by atoms with E-state index >= 15 is 0 Å². The molecule has 7 heteroatoms. The molecule has 0 spiro atoms. The second kappa shape index (κ2) is 12.1. The fourth-order valence-corrected chi connectivity index (χ4v) is 4.70. The highest BCUT2D eigenvalue weighted by Crippen LogP contribution is 2.31. The number of ether oxygens (including phenoxy) is 2. The van der Waals surface area contributed by atoms with Gasteiger partial charge in [-0.2, -0.15) is 0 Å². The maximum absolute atomic E-state index is 13.2. The van der Waals surface area contributed by atoms with Crippen LogP contribution in [0.15, 0.2) is 91.1 Å². The SMILES string of the molecule is CC(C)OC(=O)c1c(-c2ccccc2)ccnc1N1CCN(Cc2ccc(Oc3ccc(F)cc3)cc2)CC1. The number of carbonyl (C=O) groups is 1. The molecule has 1 aliphatic heterocycles. The fourth-order valence-electron chi connectivity index (χ4n) is 4.70. The minimum atomic E-state index is -0.350. The molecule has 0 bridgehead atoms. The molecule has 1 saturated heterocycles. The molecule has 1 fully saturated rings. The van der Waals surface area contributed by atoms with E-state index in [1.54, 1.807) is 18.3 Å². The van der Waals surface area contributed by atoms with Crippen LogP contribution in [0, 0.1) is 5.82 Å². The molecule has 39 heavy (non-hydrogen) atoms. The molecule has 0 saturated carbocycles. The van der Waals surface area contributed by atoms with E-state index in [-0.39, 0.29) is 17.9 Å². The molecule has 1 aliphatic rings. The standard InChI is InChI=1S/C32H32FN3O3/c1-23(2)38-32(37)30-29(25-6-4-3-5-7-25)16-17-34-31(30)36-20-18-35(19-21-36)22-24-8-12-27(13-9-24)39-28-14-10-26(33)11-15-28/h3-17,23H,18-22H2,1-2H3. The first-order chi connectivity index (χ1) is 19.0. The van der Waals surface area contributed by atoms with Gasteiger partial charge in [0.2, 0.25) is 0 Å². The maximum Gasteiger partial charge on any atom is 0.342 e. The summed E-state index contributed by atoms with van der Waals surface area (Å²) >= 11 is 0. The first-order valence-corrected chi connectivity index (χ1v) is 13.2. The molecule has 0 aliphatic carbocycles.